The number of anilines is 1. The molecule has 2 aromatic heterocycles. The van der Waals surface area contributed by atoms with E-state index in [1.54, 1.807) is 36.1 Å². The van der Waals surface area contributed by atoms with E-state index >= 15 is 0 Å². The van der Waals surface area contributed by atoms with Crippen LogP contribution in [-0.2, 0) is 11.3 Å². The number of nitrogens with one attached hydrogen (secondary N) is 2. The number of nitrogens with zero attached hydrogens (tertiary/aromatic N) is 3. The van der Waals surface area contributed by atoms with Crippen molar-refractivity contribution >= 4 is 29.1 Å². The molecule has 2 heterocycles. The quantitative estimate of drug-likeness (QED) is 0.624. The van der Waals surface area contributed by atoms with Gasteiger partial charge in [0.05, 0.1) is 29.7 Å². The predicted molar refractivity (Wildman–Crippen MR) is 112 cm³/mol. The van der Waals surface area contributed by atoms with Gasteiger partial charge in [0, 0.05) is 19.2 Å². The molecule has 0 bridgehead atoms. The van der Waals surface area contributed by atoms with E-state index in [-0.39, 0.29) is 29.9 Å². The maximum absolute atomic E-state index is 12.5. The maximum atomic E-state index is 12.5. The van der Waals surface area contributed by atoms with Crippen LogP contribution < -0.4 is 10.6 Å². The average molecular weight is 412 g/mol. The topological polar surface area (TPSA) is 88.9 Å². The molecule has 150 valence electrons. The van der Waals surface area contributed by atoms with Gasteiger partial charge in [-0.25, -0.2) is 4.68 Å². The summed E-state index contributed by atoms with van der Waals surface area (Å²) in [7, 11) is 0. The molecule has 0 radical (unpaired) electrons. The summed E-state index contributed by atoms with van der Waals surface area (Å²) in [6.45, 7) is 4.42. The Balaban J connectivity index is 1.57. The molecule has 0 aliphatic carbocycles. The van der Waals surface area contributed by atoms with Gasteiger partial charge in [-0.2, -0.15) is 5.10 Å². The van der Waals surface area contributed by atoms with Gasteiger partial charge in [-0.05, 0) is 31.5 Å². The van der Waals surface area contributed by atoms with Crippen molar-refractivity contribution in [2.45, 2.75) is 26.8 Å². The molecule has 0 aliphatic heterocycles. The Morgan fingerprint density at radius 3 is 2.59 bits per heavy atom. The van der Waals surface area contributed by atoms with Crippen molar-refractivity contribution in [1.82, 2.24) is 20.1 Å². The van der Waals surface area contributed by atoms with Gasteiger partial charge in [0.15, 0.2) is 0 Å². The highest BCUT2D eigenvalue weighted by Crippen LogP contribution is 2.21. The molecule has 0 fully saturated rings. The van der Waals surface area contributed by atoms with Gasteiger partial charge >= 0.3 is 0 Å². The first-order chi connectivity index (χ1) is 13.9. The number of pyridine rings is 1. The van der Waals surface area contributed by atoms with Gasteiger partial charge in [0.2, 0.25) is 5.91 Å². The molecule has 0 spiro atoms. The number of aromatic nitrogens is 3. The highest BCUT2D eigenvalue weighted by Gasteiger charge is 2.20. The molecule has 8 heteroatoms. The van der Waals surface area contributed by atoms with Crippen molar-refractivity contribution in [2.75, 3.05) is 11.9 Å². The minimum atomic E-state index is -0.350. The van der Waals surface area contributed by atoms with E-state index in [1.165, 1.54) is 5.56 Å². The standard InChI is InChI=1S/C21H22ClN5O2/c1-14-5-7-16(8-6-14)13-27-20(22)19(15(2)26-27)21(29)24-11-9-18(28)25-17-4-3-10-23-12-17/h3-8,10,12H,9,11,13H2,1-2H3,(H,24,29)(H,25,28). The predicted octanol–water partition coefficient (Wildman–Crippen LogP) is 3.36. The summed E-state index contributed by atoms with van der Waals surface area (Å²) >= 11 is 6.41. The molecule has 0 aliphatic rings. The second kappa shape index (κ2) is 9.34. The monoisotopic (exact) mass is 411 g/mol. The van der Waals surface area contributed by atoms with Crippen molar-refractivity contribution in [2.24, 2.45) is 0 Å². The molecule has 0 unspecified atom stereocenters. The van der Waals surface area contributed by atoms with Gasteiger partial charge in [0.25, 0.3) is 5.91 Å². The molecule has 3 aromatic rings. The first-order valence-corrected chi connectivity index (χ1v) is 9.58. The van der Waals surface area contributed by atoms with E-state index < -0.39 is 0 Å². The highest BCUT2D eigenvalue weighted by molar-refractivity contribution is 6.33. The minimum Gasteiger partial charge on any atom is -0.351 e. The van der Waals surface area contributed by atoms with Gasteiger partial charge in [-0.1, -0.05) is 41.4 Å². The van der Waals surface area contributed by atoms with Crippen LogP contribution in [0.4, 0.5) is 5.69 Å². The van der Waals surface area contributed by atoms with E-state index in [4.69, 9.17) is 11.6 Å². The first kappa shape index (κ1) is 20.5. The zero-order valence-electron chi connectivity index (χ0n) is 16.3. The molecule has 2 N–H and O–H groups in total. The SMILES string of the molecule is Cc1ccc(Cn2nc(C)c(C(=O)NCCC(=O)Nc3cccnc3)c2Cl)cc1. The van der Waals surface area contributed by atoms with Crippen LogP contribution in [0.25, 0.3) is 0 Å². The molecule has 7 nitrogen and oxygen atoms in total. The molecule has 1 aromatic carbocycles. The van der Waals surface area contributed by atoms with Crippen molar-refractivity contribution in [3.8, 4) is 0 Å². The van der Waals surface area contributed by atoms with Crippen LogP contribution in [0.1, 0.15) is 33.6 Å². The summed E-state index contributed by atoms with van der Waals surface area (Å²) in [5, 5.41) is 10.1. The molecular weight excluding hydrogens is 390 g/mol. The summed E-state index contributed by atoms with van der Waals surface area (Å²) in [5.41, 5.74) is 3.69. The van der Waals surface area contributed by atoms with Crippen LogP contribution >= 0.6 is 11.6 Å². The van der Waals surface area contributed by atoms with Crippen molar-refractivity contribution < 1.29 is 9.59 Å². The number of rotatable bonds is 7. The number of halogens is 1. The van der Waals surface area contributed by atoms with Gasteiger partial charge in [-0.15, -0.1) is 0 Å². The molecule has 0 saturated carbocycles. The summed E-state index contributed by atoms with van der Waals surface area (Å²) in [6, 6.07) is 11.5. The second-order valence-electron chi connectivity index (χ2n) is 6.69. The van der Waals surface area contributed by atoms with Crippen LogP contribution in [-0.4, -0.2) is 33.1 Å². The maximum Gasteiger partial charge on any atom is 0.256 e. The number of carbonyl (C=O) groups excluding carboxylic acids is 2. The smallest absolute Gasteiger partial charge is 0.256 e. The average Bonchev–Trinajstić information content (AvgIpc) is 2.97. The Labute approximate surface area is 174 Å². The zero-order chi connectivity index (χ0) is 20.8. The Kier molecular flexibility index (Phi) is 6.61. The number of hydrogen-bond acceptors (Lipinski definition) is 4. The third kappa shape index (κ3) is 5.42. The summed E-state index contributed by atoms with van der Waals surface area (Å²) < 4.78 is 1.60. The summed E-state index contributed by atoms with van der Waals surface area (Å²) in [4.78, 5) is 28.4. The van der Waals surface area contributed by atoms with E-state index in [0.717, 1.165) is 5.56 Å². The lowest BCUT2D eigenvalue weighted by Gasteiger charge is -2.07. The fourth-order valence-corrected chi connectivity index (χ4v) is 3.14. The van der Waals surface area contributed by atoms with E-state index in [9.17, 15) is 9.59 Å². The first-order valence-electron chi connectivity index (χ1n) is 9.20. The normalized spacial score (nSPS) is 10.6. The lowest BCUT2D eigenvalue weighted by atomic mass is 10.1. The van der Waals surface area contributed by atoms with Gasteiger partial charge in [-0.3, -0.25) is 14.6 Å². The molecular formula is C21H22ClN5O2. The third-order valence-electron chi connectivity index (χ3n) is 4.33. The van der Waals surface area contributed by atoms with Gasteiger partial charge < -0.3 is 10.6 Å². The fourth-order valence-electron chi connectivity index (χ4n) is 2.82. The number of amides is 2. The van der Waals surface area contributed by atoms with E-state index in [2.05, 4.69) is 20.7 Å². The second-order valence-corrected chi connectivity index (χ2v) is 7.05. The molecule has 0 atom stereocenters. The minimum absolute atomic E-state index is 0.134. The molecule has 29 heavy (non-hydrogen) atoms. The lowest BCUT2D eigenvalue weighted by Crippen LogP contribution is -2.28. The highest BCUT2D eigenvalue weighted by atomic mass is 35.5. The summed E-state index contributed by atoms with van der Waals surface area (Å²) in [5.74, 6) is -0.562. The van der Waals surface area contributed by atoms with E-state index in [0.29, 0.717) is 23.5 Å². The third-order valence-corrected chi connectivity index (χ3v) is 4.71. The van der Waals surface area contributed by atoms with E-state index in [1.807, 2.05) is 31.2 Å². The zero-order valence-corrected chi connectivity index (χ0v) is 17.0. The number of benzene rings is 1. The van der Waals surface area contributed by atoms with Crippen molar-refractivity contribution in [1.29, 1.82) is 0 Å². The van der Waals surface area contributed by atoms with Crippen LogP contribution in [0.5, 0.6) is 0 Å². The Hall–Kier alpha value is -3.19. The Morgan fingerprint density at radius 1 is 1.14 bits per heavy atom. The van der Waals surface area contributed by atoms with Crippen LogP contribution in [0.3, 0.4) is 0 Å². The number of carbonyl (C=O) groups is 2. The molecule has 2 amide bonds. The lowest BCUT2D eigenvalue weighted by molar-refractivity contribution is -0.116. The summed E-state index contributed by atoms with van der Waals surface area (Å²) in [6.07, 6.45) is 3.32. The Morgan fingerprint density at radius 2 is 1.90 bits per heavy atom. The van der Waals surface area contributed by atoms with Crippen molar-refractivity contribution in [3.63, 3.8) is 0 Å². The largest absolute Gasteiger partial charge is 0.351 e. The Bertz CT molecular complexity index is 1000. The van der Waals surface area contributed by atoms with Crippen LogP contribution in [0.2, 0.25) is 5.15 Å². The van der Waals surface area contributed by atoms with Crippen molar-refractivity contribution in [3.05, 3.63) is 76.3 Å². The van der Waals surface area contributed by atoms with Crippen LogP contribution in [0.15, 0.2) is 48.8 Å². The van der Waals surface area contributed by atoms with Gasteiger partial charge in [0.1, 0.15) is 5.15 Å². The number of aryl methyl sites for hydroxylation is 2. The molecule has 0 saturated heterocycles. The van der Waals surface area contributed by atoms with Crippen LogP contribution in [0, 0.1) is 13.8 Å². The molecule has 3 rings (SSSR count). The number of hydrogen-bond donors (Lipinski definition) is 2. The fraction of sp³-hybridized carbons (Fsp3) is 0.238.